The molecule has 0 aliphatic carbocycles. The van der Waals surface area contributed by atoms with Crippen LogP contribution in [0.15, 0.2) is 109 Å². The van der Waals surface area contributed by atoms with E-state index in [1.807, 2.05) is 24.3 Å². The summed E-state index contributed by atoms with van der Waals surface area (Å²) in [4.78, 5) is 24.5. The Labute approximate surface area is 186 Å². The molecular formula is C28H18O4. The zero-order valence-corrected chi connectivity index (χ0v) is 17.0. The molecule has 0 unspecified atom stereocenters. The molecule has 4 nitrogen and oxygen atoms in total. The summed E-state index contributed by atoms with van der Waals surface area (Å²) in [7, 11) is 0. The lowest BCUT2D eigenvalue weighted by Gasteiger charge is -2.05. The molecule has 0 aromatic heterocycles. The summed E-state index contributed by atoms with van der Waals surface area (Å²) in [5, 5.41) is 0. The average Bonchev–Trinajstić information content (AvgIpc) is 2.84. The minimum Gasteiger partial charge on any atom is -0.423 e. The van der Waals surface area contributed by atoms with Crippen molar-refractivity contribution in [2.24, 2.45) is 0 Å². The summed E-state index contributed by atoms with van der Waals surface area (Å²) in [5.74, 6) is 6.06. The molecule has 0 amide bonds. The van der Waals surface area contributed by atoms with E-state index in [-0.39, 0.29) is 0 Å². The smallest absolute Gasteiger partial charge is 0.343 e. The van der Waals surface area contributed by atoms with Crippen LogP contribution in [0.4, 0.5) is 0 Å². The SMILES string of the molecule is O=C(Oc1cccc(C#Cc2cccc(OC(=O)c3ccccc3)c2)c1)c1ccccc1. The van der Waals surface area contributed by atoms with Crippen LogP contribution in [0.2, 0.25) is 0 Å². The average molecular weight is 418 g/mol. The zero-order valence-electron chi connectivity index (χ0n) is 17.0. The van der Waals surface area contributed by atoms with Gasteiger partial charge in [0.2, 0.25) is 0 Å². The second-order valence-corrected chi connectivity index (χ2v) is 6.82. The first-order valence-corrected chi connectivity index (χ1v) is 9.94. The molecule has 0 fully saturated rings. The molecule has 0 saturated heterocycles. The van der Waals surface area contributed by atoms with Crippen LogP contribution >= 0.6 is 0 Å². The van der Waals surface area contributed by atoms with Crippen LogP contribution in [0.3, 0.4) is 0 Å². The fraction of sp³-hybridized carbons (Fsp3) is 0. The van der Waals surface area contributed by atoms with Crippen LogP contribution in [-0.2, 0) is 0 Å². The van der Waals surface area contributed by atoms with E-state index in [9.17, 15) is 9.59 Å². The van der Waals surface area contributed by atoms with Gasteiger partial charge < -0.3 is 9.47 Å². The van der Waals surface area contributed by atoms with Crippen LogP contribution in [0.1, 0.15) is 31.8 Å². The normalized spacial score (nSPS) is 9.88. The molecule has 0 N–H and O–H groups in total. The Balaban J connectivity index is 1.45. The van der Waals surface area contributed by atoms with E-state index >= 15 is 0 Å². The van der Waals surface area contributed by atoms with E-state index < -0.39 is 11.9 Å². The molecule has 0 bridgehead atoms. The standard InChI is InChI=1S/C28H18O4/c29-27(23-11-3-1-4-12-23)31-25-15-7-9-21(19-25)17-18-22-10-8-16-26(20-22)32-28(30)24-13-5-2-6-14-24/h1-16,19-20H. The van der Waals surface area contributed by atoms with Crippen molar-refractivity contribution in [3.8, 4) is 23.3 Å². The molecule has 32 heavy (non-hydrogen) atoms. The van der Waals surface area contributed by atoms with Gasteiger partial charge in [0.25, 0.3) is 0 Å². The molecular weight excluding hydrogens is 400 g/mol. The molecule has 0 heterocycles. The van der Waals surface area contributed by atoms with Crippen LogP contribution in [0, 0.1) is 11.8 Å². The third-order valence-electron chi connectivity index (χ3n) is 4.46. The predicted molar refractivity (Wildman–Crippen MR) is 122 cm³/mol. The van der Waals surface area contributed by atoms with Crippen LogP contribution in [0.25, 0.3) is 0 Å². The van der Waals surface area contributed by atoms with Gasteiger partial charge in [-0.05, 0) is 60.7 Å². The van der Waals surface area contributed by atoms with E-state index in [1.165, 1.54) is 0 Å². The Kier molecular flexibility index (Phi) is 6.40. The van der Waals surface area contributed by atoms with Gasteiger partial charge in [-0.2, -0.15) is 0 Å². The van der Waals surface area contributed by atoms with Crippen molar-refractivity contribution >= 4 is 11.9 Å². The van der Waals surface area contributed by atoms with E-state index in [0.717, 1.165) is 0 Å². The first kappa shape index (κ1) is 20.6. The largest absolute Gasteiger partial charge is 0.423 e. The number of hydrogen-bond acceptors (Lipinski definition) is 4. The molecule has 154 valence electrons. The minimum absolute atomic E-state index is 0.413. The second kappa shape index (κ2) is 9.92. The Morgan fingerprint density at radius 2 is 0.906 bits per heavy atom. The summed E-state index contributed by atoms with van der Waals surface area (Å²) in [5.41, 5.74) is 2.33. The quantitative estimate of drug-likeness (QED) is 0.249. The van der Waals surface area contributed by atoms with Gasteiger partial charge in [-0.3, -0.25) is 0 Å². The maximum absolute atomic E-state index is 12.2. The Hall–Kier alpha value is -4.62. The molecule has 0 saturated carbocycles. The molecule has 0 radical (unpaired) electrons. The monoisotopic (exact) mass is 418 g/mol. The summed E-state index contributed by atoms with van der Waals surface area (Å²) in [6.07, 6.45) is 0. The summed E-state index contributed by atoms with van der Waals surface area (Å²) in [6.45, 7) is 0. The first-order valence-electron chi connectivity index (χ1n) is 9.94. The van der Waals surface area contributed by atoms with Crippen molar-refractivity contribution in [1.29, 1.82) is 0 Å². The number of esters is 2. The van der Waals surface area contributed by atoms with E-state index in [0.29, 0.717) is 33.8 Å². The number of carbonyl (C=O) groups excluding carboxylic acids is 2. The van der Waals surface area contributed by atoms with E-state index in [4.69, 9.17) is 9.47 Å². The van der Waals surface area contributed by atoms with Crippen LogP contribution in [-0.4, -0.2) is 11.9 Å². The Morgan fingerprint density at radius 3 is 1.31 bits per heavy atom. The zero-order chi connectivity index (χ0) is 22.2. The van der Waals surface area contributed by atoms with Crippen molar-refractivity contribution in [1.82, 2.24) is 0 Å². The lowest BCUT2D eigenvalue weighted by molar-refractivity contribution is 0.0725. The number of carbonyl (C=O) groups is 2. The van der Waals surface area contributed by atoms with Crippen molar-refractivity contribution in [2.75, 3.05) is 0 Å². The number of hydrogen-bond donors (Lipinski definition) is 0. The van der Waals surface area contributed by atoms with Gasteiger partial charge in [0.15, 0.2) is 0 Å². The van der Waals surface area contributed by atoms with Crippen molar-refractivity contribution < 1.29 is 19.1 Å². The van der Waals surface area contributed by atoms with E-state index in [1.54, 1.807) is 84.9 Å². The highest BCUT2D eigenvalue weighted by Crippen LogP contribution is 2.17. The van der Waals surface area contributed by atoms with Gasteiger partial charge in [0.1, 0.15) is 11.5 Å². The summed E-state index contributed by atoms with van der Waals surface area (Å²) < 4.78 is 10.9. The molecule has 4 aromatic rings. The third-order valence-corrected chi connectivity index (χ3v) is 4.46. The van der Waals surface area contributed by atoms with E-state index in [2.05, 4.69) is 11.8 Å². The van der Waals surface area contributed by atoms with Crippen molar-refractivity contribution in [3.63, 3.8) is 0 Å². The van der Waals surface area contributed by atoms with Gasteiger partial charge in [-0.15, -0.1) is 0 Å². The number of benzene rings is 4. The summed E-state index contributed by atoms with van der Waals surface area (Å²) in [6, 6.07) is 31.6. The van der Waals surface area contributed by atoms with Gasteiger partial charge in [0, 0.05) is 11.1 Å². The fourth-order valence-corrected chi connectivity index (χ4v) is 2.90. The topological polar surface area (TPSA) is 52.6 Å². The number of ether oxygens (including phenoxy) is 2. The molecule has 4 aromatic carbocycles. The van der Waals surface area contributed by atoms with Gasteiger partial charge in [0.05, 0.1) is 11.1 Å². The number of rotatable bonds is 4. The molecule has 4 heteroatoms. The van der Waals surface area contributed by atoms with Crippen molar-refractivity contribution in [3.05, 3.63) is 131 Å². The highest BCUT2D eigenvalue weighted by molar-refractivity contribution is 5.91. The van der Waals surface area contributed by atoms with Gasteiger partial charge in [-0.1, -0.05) is 60.4 Å². The highest BCUT2D eigenvalue weighted by Gasteiger charge is 2.09. The molecule has 0 aliphatic rings. The van der Waals surface area contributed by atoms with Crippen LogP contribution in [0.5, 0.6) is 11.5 Å². The fourth-order valence-electron chi connectivity index (χ4n) is 2.90. The minimum atomic E-state index is -0.427. The maximum atomic E-state index is 12.2. The maximum Gasteiger partial charge on any atom is 0.343 e. The third kappa shape index (κ3) is 5.50. The van der Waals surface area contributed by atoms with Crippen LogP contribution < -0.4 is 9.47 Å². The highest BCUT2D eigenvalue weighted by atomic mass is 16.5. The molecule has 0 aliphatic heterocycles. The van der Waals surface area contributed by atoms with Gasteiger partial charge in [-0.25, -0.2) is 9.59 Å². The predicted octanol–water partition coefficient (Wildman–Crippen LogP) is 5.52. The first-order chi connectivity index (χ1) is 15.7. The van der Waals surface area contributed by atoms with Crippen molar-refractivity contribution in [2.45, 2.75) is 0 Å². The molecule has 0 spiro atoms. The molecule has 0 atom stereocenters. The Morgan fingerprint density at radius 1 is 0.500 bits per heavy atom. The Bertz CT molecular complexity index is 1200. The van der Waals surface area contributed by atoms with Gasteiger partial charge >= 0.3 is 11.9 Å². The summed E-state index contributed by atoms with van der Waals surface area (Å²) >= 11 is 0. The molecule has 4 rings (SSSR count). The lowest BCUT2D eigenvalue weighted by atomic mass is 10.1. The lowest BCUT2D eigenvalue weighted by Crippen LogP contribution is -2.08. The second-order valence-electron chi connectivity index (χ2n) is 6.82.